The van der Waals surface area contributed by atoms with Crippen LogP contribution < -0.4 is 21.2 Å². The van der Waals surface area contributed by atoms with Crippen LogP contribution in [-0.2, 0) is 0 Å². The zero-order chi connectivity index (χ0) is 26.8. The third-order valence-electron chi connectivity index (χ3n) is 4.64. The predicted octanol–water partition coefficient (Wildman–Crippen LogP) is 10.6. The molecule has 4 aromatic rings. The van der Waals surface area contributed by atoms with Gasteiger partial charge in [-0.15, -0.1) is 0 Å². The Balaban J connectivity index is 0.000000240. The minimum Gasteiger partial charge on any atom is -0.0587 e. The molecule has 0 aromatic heterocycles. The number of aryl methyl sites for hydroxylation is 4. The summed E-state index contributed by atoms with van der Waals surface area (Å²) in [5.41, 5.74) is 5.36. The molecule has 0 fully saturated rings. The van der Waals surface area contributed by atoms with Crippen LogP contribution in [-0.4, -0.2) is 0 Å². The van der Waals surface area contributed by atoms with Gasteiger partial charge in [0.2, 0.25) is 0 Å². The largest absolute Gasteiger partial charge is 0.0587 e. The average molecular weight is 1000 g/mol. The van der Waals surface area contributed by atoms with Gasteiger partial charge in [-0.1, -0.05) is 207 Å². The zero-order valence-corrected chi connectivity index (χ0v) is 33.4. The highest BCUT2D eigenvalue weighted by atomic mass is 127. The highest BCUT2D eigenvalue weighted by Gasteiger charge is 1.88. The van der Waals surface area contributed by atoms with Gasteiger partial charge in [-0.25, -0.2) is 0 Å². The van der Waals surface area contributed by atoms with Gasteiger partial charge in [-0.05, 0) is 73.8 Å². The number of benzene rings is 4. The predicted molar refractivity (Wildman–Crippen MR) is 213 cm³/mol. The molecule has 0 heterocycles. The van der Waals surface area contributed by atoms with Crippen molar-refractivity contribution in [2.45, 2.75) is 27.7 Å². The summed E-state index contributed by atoms with van der Waals surface area (Å²) < 4.78 is 0. The molecule has 0 nitrogen and oxygen atoms in total. The maximum Gasteiger partial charge on any atom is -0.0170 e. The average Bonchev–Trinajstić information content (AvgIpc) is 2.92. The van der Waals surface area contributed by atoms with Gasteiger partial charge >= 0.3 is 0 Å². The van der Waals surface area contributed by atoms with Crippen molar-refractivity contribution in [3.8, 4) is 0 Å². The molecule has 4 atom stereocenters. The van der Waals surface area contributed by atoms with Gasteiger partial charge in [0.25, 0.3) is 0 Å². The van der Waals surface area contributed by atoms with Crippen molar-refractivity contribution >= 4 is 134 Å². The van der Waals surface area contributed by atoms with Crippen LogP contribution in [0.1, 0.15) is 22.3 Å². The number of halogens is 4. The Labute approximate surface area is 277 Å². The summed E-state index contributed by atoms with van der Waals surface area (Å²) in [4.78, 5) is 0. The number of rotatable bonds is 4. The van der Waals surface area contributed by atoms with E-state index >= 15 is 0 Å². The first-order valence-electron chi connectivity index (χ1n) is 11.0. The molecule has 4 rings (SSSR count). The first kappa shape index (κ1) is 35.5. The SMILES string of the molecule is Cc1ccc(PI)cc1.Cc1ccc(PI)cc1.Cc1ccc(PI)cc1.Cc1ccc(PI)cc1. The van der Waals surface area contributed by atoms with E-state index in [1.807, 2.05) is 0 Å². The highest BCUT2D eigenvalue weighted by molar-refractivity contribution is 14.2. The molecule has 192 valence electrons. The lowest BCUT2D eigenvalue weighted by Gasteiger charge is -1.93. The minimum atomic E-state index is 0.896. The van der Waals surface area contributed by atoms with E-state index in [0.29, 0.717) is 0 Å². The third-order valence-corrected chi connectivity index (χ3v) is 14.3. The molecule has 0 aliphatic carbocycles. The monoisotopic (exact) mass is 1000 g/mol. The molecule has 8 heteroatoms. The van der Waals surface area contributed by atoms with Crippen LogP contribution in [0.3, 0.4) is 0 Å². The van der Waals surface area contributed by atoms with E-state index < -0.39 is 0 Å². The summed E-state index contributed by atoms with van der Waals surface area (Å²) in [6, 6.07) is 34.7. The lowest BCUT2D eigenvalue weighted by Crippen LogP contribution is -1.88. The van der Waals surface area contributed by atoms with Crippen molar-refractivity contribution in [1.82, 2.24) is 0 Å². The highest BCUT2D eigenvalue weighted by Crippen LogP contribution is 2.21. The summed E-state index contributed by atoms with van der Waals surface area (Å²) in [6.07, 6.45) is 3.59. The van der Waals surface area contributed by atoms with Crippen molar-refractivity contribution < 1.29 is 0 Å². The van der Waals surface area contributed by atoms with Crippen LogP contribution >= 0.6 is 113 Å². The molecular weight excluding hydrogens is 968 g/mol. The molecule has 0 aliphatic heterocycles. The molecule has 4 unspecified atom stereocenters. The maximum absolute atomic E-state index is 2.39. The number of hydrogen-bond acceptors (Lipinski definition) is 0. The fourth-order valence-corrected chi connectivity index (χ4v) is 7.95. The van der Waals surface area contributed by atoms with E-state index in [9.17, 15) is 0 Å². The first-order chi connectivity index (χ1) is 17.3. The Morgan fingerprint density at radius 3 is 0.556 bits per heavy atom. The second-order valence-electron chi connectivity index (χ2n) is 7.84. The van der Waals surface area contributed by atoms with E-state index in [-0.39, 0.29) is 0 Å². The van der Waals surface area contributed by atoms with Gasteiger partial charge in [-0.2, -0.15) is 0 Å². The van der Waals surface area contributed by atoms with Crippen LogP contribution in [0.2, 0.25) is 0 Å². The summed E-state index contributed by atoms with van der Waals surface area (Å²) in [5.74, 6) is 0. The molecule has 0 spiro atoms. The van der Waals surface area contributed by atoms with Gasteiger partial charge in [0.1, 0.15) is 0 Å². The topological polar surface area (TPSA) is 0 Å². The second-order valence-corrected chi connectivity index (χ2v) is 17.4. The third kappa shape index (κ3) is 17.3. The smallest absolute Gasteiger partial charge is 0.0170 e. The number of hydrogen-bond donors (Lipinski definition) is 0. The van der Waals surface area contributed by atoms with E-state index in [0.717, 1.165) is 24.9 Å². The van der Waals surface area contributed by atoms with Crippen LogP contribution in [0.15, 0.2) is 97.1 Å². The Hall–Kier alpha value is 1.52. The fourth-order valence-electron chi connectivity index (χ4n) is 2.47. The molecule has 0 bridgehead atoms. The Kier molecular flexibility index (Phi) is 22.0. The summed E-state index contributed by atoms with van der Waals surface area (Å²) in [7, 11) is 0. The minimum absolute atomic E-state index is 0.896. The molecule has 36 heavy (non-hydrogen) atoms. The molecule has 0 amide bonds. The lowest BCUT2D eigenvalue weighted by molar-refractivity contribution is 1.49. The zero-order valence-electron chi connectivity index (χ0n) is 20.7. The van der Waals surface area contributed by atoms with Crippen molar-refractivity contribution in [1.29, 1.82) is 0 Å². The molecule has 0 aliphatic rings. The van der Waals surface area contributed by atoms with Crippen LogP contribution in [0.25, 0.3) is 0 Å². The Morgan fingerprint density at radius 1 is 0.306 bits per heavy atom. The fraction of sp³-hybridized carbons (Fsp3) is 0.143. The lowest BCUT2D eigenvalue weighted by atomic mass is 10.2. The molecule has 0 N–H and O–H groups in total. The van der Waals surface area contributed by atoms with Gasteiger partial charge in [0.05, 0.1) is 0 Å². The molecule has 0 radical (unpaired) electrons. The van der Waals surface area contributed by atoms with E-state index in [4.69, 9.17) is 0 Å². The van der Waals surface area contributed by atoms with E-state index in [1.54, 1.807) is 0 Å². The van der Waals surface area contributed by atoms with Gasteiger partial charge in [0, 0.05) is 0 Å². The maximum atomic E-state index is 2.39. The summed E-state index contributed by atoms with van der Waals surface area (Å²) in [5, 5.41) is 5.73. The Morgan fingerprint density at radius 2 is 0.444 bits per heavy atom. The summed E-state index contributed by atoms with van der Waals surface area (Å²) >= 11 is 9.57. The first-order valence-corrected chi connectivity index (χ1v) is 27.5. The normalized spacial score (nSPS) is 10.9. The molecular formula is C28H32I4P4. The Bertz CT molecular complexity index is 904. The quantitative estimate of drug-likeness (QED) is 0.141. The van der Waals surface area contributed by atoms with Crippen LogP contribution in [0, 0.1) is 27.7 Å². The second kappa shape index (κ2) is 22.2. The summed E-state index contributed by atoms with van der Waals surface area (Å²) in [6.45, 7) is 8.44. The van der Waals surface area contributed by atoms with E-state index in [1.165, 1.54) is 43.5 Å². The van der Waals surface area contributed by atoms with Crippen molar-refractivity contribution in [2.75, 3.05) is 0 Å². The van der Waals surface area contributed by atoms with Gasteiger partial charge < -0.3 is 0 Å². The van der Waals surface area contributed by atoms with Crippen LogP contribution in [0.4, 0.5) is 0 Å². The van der Waals surface area contributed by atoms with E-state index in [2.05, 4.69) is 213 Å². The van der Waals surface area contributed by atoms with Crippen molar-refractivity contribution in [3.05, 3.63) is 119 Å². The van der Waals surface area contributed by atoms with Gasteiger partial charge in [0.15, 0.2) is 0 Å². The molecule has 0 saturated heterocycles. The van der Waals surface area contributed by atoms with Crippen molar-refractivity contribution in [3.63, 3.8) is 0 Å². The van der Waals surface area contributed by atoms with Crippen LogP contribution in [0.5, 0.6) is 0 Å². The standard InChI is InChI=1S/4C7H8IP/c4*1-6-2-4-7(9-8)5-3-6/h4*2-5,9H,1H3. The molecule has 0 saturated carbocycles. The van der Waals surface area contributed by atoms with Gasteiger partial charge in [-0.3, -0.25) is 0 Å². The molecule has 4 aromatic carbocycles. The van der Waals surface area contributed by atoms with Crippen molar-refractivity contribution in [2.24, 2.45) is 0 Å².